The molecule has 0 aromatic carbocycles. The molecule has 1 saturated heterocycles. The Morgan fingerprint density at radius 3 is 2.67 bits per heavy atom. The lowest BCUT2D eigenvalue weighted by Crippen LogP contribution is -2.31. The van der Waals surface area contributed by atoms with E-state index in [1.54, 1.807) is 13.4 Å². The Kier molecular flexibility index (Phi) is 5.58. The van der Waals surface area contributed by atoms with Gasteiger partial charge in [-0.3, -0.25) is 0 Å². The van der Waals surface area contributed by atoms with Crippen molar-refractivity contribution in [1.82, 2.24) is 9.97 Å². The molecule has 21 heavy (non-hydrogen) atoms. The minimum atomic E-state index is 0.263. The van der Waals surface area contributed by atoms with Crippen LogP contribution in [0, 0.1) is 0 Å². The molecule has 2 N–H and O–H groups in total. The molecule has 1 atom stereocenters. The molecule has 0 spiro atoms. The van der Waals surface area contributed by atoms with Crippen LogP contribution in [0.3, 0.4) is 0 Å². The summed E-state index contributed by atoms with van der Waals surface area (Å²) in [5, 5.41) is 0. The molecule has 1 aliphatic heterocycles. The Morgan fingerprint density at radius 2 is 2.05 bits per heavy atom. The standard InChI is InChI=1S/C14H25N5O2/c1-18(6-8-20-3)13-12(15)14(17-10-16-13)19(2)9-11-5-4-7-21-11/h10-11H,4-9,15H2,1-3H3/t11-/m1/s1. The highest BCUT2D eigenvalue weighted by molar-refractivity contribution is 5.75. The molecule has 1 fully saturated rings. The second-order valence-corrected chi connectivity index (χ2v) is 5.36. The number of nitrogens with zero attached hydrogens (tertiary/aromatic N) is 4. The third-order valence-electron chi connectivity index (χ3n) is 3.70. The van der Waals surface area contributed by atoms with Crippen LogP contribution in [0.25, 0.3) is 0 Å². The largest absolute Gasteiger partial charge is 0.393 e. The summed E-state index contributed by atoms with van der Waals surface area (Å²) in [5.74, 6) is 1.48. The maximum absolute atomic E-state index is 6.24. The highest BCUT2D eigenvalue weighted by atomic mass is 16.5. The molecular weight excluding hydrogens is 270 g/mol. The van der Waals surface area contributed by atoms with Gasteiger partial charge in [-0.05, 0) is 12.8 Å². The van der Waals surface area contributed by atoms with Crippen LogP contribution in [0.2, 0.25) is 0 Å². The number of likely N-dealkylation sites (N-methyl/N-ethyl adjacent to an activating group) is 2. The van der Waals surface area contributed by atoms with Crippen LogP contribution < -0.4 is 15.5 Å². The first-order chi connectivity index (χ1) is 10.1. The molecule has 0 unspecified atom stereocenters. The molecule has 1 aliphatic rings. The number of hydrogen-bond acceptors (Lipinski definition) is 7. The molecule has 118 valence electrons. The number of rotatable bonds is 7. The van der Waals surface area contributed by atoms with Crippen molar-refractivity contribution in [3.8, 4) is 0 Å². The number of hydrogen-bond donors (Lipinski definition) is 1. The van der Waals surface area contributed by atoms with Gasteiger partial charge in [-0.15, -0.1) is 0 Å². The van der Waals surface area contributed by atoms with Crippen molar-refractivity contribution in [3.05, 3.63) is 6.33 Å². The zero-order valence-corrected chi connectivity index (χ0v) is 13.1. The summed E-state index contributed by atoms with van der Waals surface area (Å²) in [4.78, 5) is 12.6. The van der Waals surface area contributed by atoms with E-state index >= 15 is 0 Å². The number of methoxy groups -OCH3 is 1. The van der Waals surface area contributed by atoms with Gasteiger partial charge in [0.15, 0.2) is 11.6 Å². The Labute approximate surface area is 126 Å². The summed E-state index contributed by atoms with van der Waals surface area (Å²) < 4.78 is 10.8. The minimum Gasteiger partial charge on any atom is -0.393 e. The van der Waals surface area contributed by atoms with E-state index in [1.807, 2.05) is 23.9 Å². The maximum atomic E-state index is 6.24. The number of ether oxygens (including phenoxy) is 2. The van der Waals surface area contributed by atoms with E-state index in [1.165, 1.54) is 0 Å². The van der Waals surface area contributed by atoms with E-state index < -0.39 is 0 Å². The van der Waals surface area contributed by atoms with Crippen molar-refractivity contribution >= 4 is 17.3 Å². The fraction of sp³-hybridized carbons (Fsp3) is 0.714. The predicted molar refractivity (Wildman–Crippen MR) is 83.8 cm³/mol. The average molecular weight is 295 g/mol. The molecule has 2 rings (SSSR count). The summed E-state index contributed by atoms with van der Waals surface area (Å²) in [6, 6.07) is 0. The SMILES string of the molecule is COCCN(C)c1ncnc(N(C)C[C@H]2CCCO2)c1N. The predicted octanol–water partition coefficient (Wildman–Crippen LogP) is 0.757. The molecule has 0 bridgehead atoms. The molecule has 1 aromatic heterocycles. The first-order valence-corrected chi connectivity index (χ1v) is 7.26. The quantitative estimate of drug-likeness (QED) is 0.795. The van der Waals surface area contributed by atoms with E-state index in [-0.39, 0.29) is 6.10 Å². The Morgan fingerprint density at radius 1 is 1.33 bits per heavy atom. The molecule has 7 nitrogen and oxygen atoms in total. The highest BCUT2D eigenvalue weighted by Gasteiger charge is 2.21. The van der Waals surface area contributed by atoms with Gasteiger partial charge in [0.1, 0.15) is 12.0 Å². The highest BCUT2D eigenvalue weighted by Crippen LogP contribution is 2.28. The van der Waals surface area contributed by atoms with Crippen molar-refractivity contribution < 1.29 is 9.47 Å². The van der Waals surface area contributed by atoms with E-state index in [0.717, 1.165) is 44.2 Å². The summed E-state index contributed by atoms with van der Waals surface area (Å²) in [6.45, 7) is 3.00. The summed E-state index contributed by atoms with van der Waals surface area (Å²) in [7, 11) is 5.61. The Bertz CT molecular complexity index is 451. The summed E-state index contributed by atoms with van der Waals surface area (Å²) in [5.41, 5.74) is 6.84. The third-order valence-corrected chi connectivity index (χ3v) is 3.70. The lowest BCUT2D eigenvalue weighted by Gasteiger charge is -2.25. The number of nitrogens with two attached hydrogens (primary N) is 1. The minimum absolute atomic E-state index is 0.263. The van der Waals surface area contributed by atoms with Gasteiger partial charge in [-0.1, -0.05) is 0 Å². The van der Waals surface area contributed by atoms with Gasteiger partial charge in [0, 0.05) is 40.9 Å². The van der Waals surface area contributed by atoms with Gasteiger partial charge in [0.2, 0.25) is 0 Å². The molecule has 2 heterocycles. The van der Waals surface area contributed by atoms with Gasteiger partial charge in [0.25, 0.3) is 0 Å². The van der Waals surface area contributed by atoms with Crippen LogP contribution in [0.4, 0.5) is 17.3 Å². The second kappa shape index (κ2) is 7.42. The molecule has 7 heteroatoms. The van der Waals surface area contributed by atoms with Crippen LogP contribution in [-0.2, 0) is 9.47 Å². The lowest BCUT2D eigenvalue weighted by molar-refractivity contribution is 0.116. The van der Waals surface area contributed by atoms with Gasteiger partial charge in [-0.25, -0.2) is 9.97 Å². The zero-order valence-electron chi connectivity index (χ0n) is 13.1. The van der Waals surface area contributed by atoms with Gasteiger partial charge < -0.3 is 25.0 Å². The Hall–Kier alpha value is -1.60. The van der Waals surface area contributed by atoms with E-state index in [4.69, 9.17) is 15.2 Å². The average Bonchev–Trinajstić information content (AvgIpc) is 2.97. The zero-order chi connectivity index (χ0) is 15.2. The monoisotopic (exact) mass is 295 g/mol. The van der Waals surface area contributed by atoms with Gasteiger partial charge >= 0.3 is 0 Å². The van der Waals surface area contributed by atoms with Crippen molar-refractivity contribution in [2.75, 3.05) is 63.0 Å². The lowest BCUT2D eigenvalue weighted by atomic mass is 10.2. The van der Waals surface area contributed by atoms with Crippen LogP contribution in [0.1, 0.15) is 12.8 Å². The van der Waals surface area contributed by atoms with Crippen LogP contribution in [0.15, 0.2) is 6.33 Å². The van der Waals surface area contributed by atoms with E-state index in [9.17, 15) is 0 Å². The molecule has 0 aliphatic carbocycles. The topological polar surface area (TPSA) is 76.7 Å². The first kappa shape index (κ1) is 15.8. The number of nitrogen functional groups attached to an aromatic ring is 1. The molecular formula is C14H25N5O2. The van der Waals surface area contributed by atoms with Crippen molar-refractivity contribution in [1.29, 1.82) is 0 Å². The summed E-state index contributed by atoms with van der Waals surface area (Å²) in [6.07, 6.45) is 4.04. The maximum Gasteiger partial charge on any atom is 0.157 e. The summed E-state index contributed by atoms with van der Waals surface area (Å²) >= 11 is 0. The van der Waals surface area contributed by atoms with Crippen LogP contribution >= 0.6 is 0 Å². The van der Waals surface area contributed by atoms with Crippen molar-refractivity contribution in [2.24, 2.45) is 0 Å². The second-order valence-electron chi connectivity index (χ2n) is 5.36. The molecule has 0 saturated carbocycles. The van der Waals surface area contributed by atoms with Crippen molar-refractivity contribution in [2.45, 2.75) is 18.9 Å². The van der Waals surface area contributed by atoms with E-state index in [2.05, 4.69) is 9.97 Å². The van der Waals surface area contributed by atoms with Crippen LogP contribution in [0.5, 0.6) is 0 Å². The van der Waals surface area contributed by atoms with E-state index in [0.29, 0.717) is 12.3 Å². The first-order valence-electron chi connectivity index (χ1n) is 7.26. The number of aromatic nitrogens is 2. The molecule has 1 aromatic rings. The molecule has 0 radical (unpaired) electrons. The Balaban J connectivity index is 2.08. The van der Waals surface area contributed by atoms with Gasteiger partial charge in [-0.2, -0.15) is 0 Å². The van der Waals surface area contributed by atoms with Gasteiger partial charge in [0.05, 0.1) is 12.7 Å². The number of anilines is 3. The van der Waals surface area contributed by atoms with Crippen LogP contribution in [-0.4, -0.2) is 63.6 Å². The van der Waals surface area contributed by atoms with Crippen molar-refractivity contribution in [3.63, 3.8) is 0 Å². The smallest absolute Gasteiger partial charge is 0.157 e. The third kappa shape index (κ3) is 3.95. The molecule has 0 amide bonds. The fourth-order valence-corrected chi connectivity index (χ4v) is 2.50. The fourth-order valence-electron chi connectivity index (χ4n) is 2.50. The normalized spacial score (nSPS) is 18.0.